The highest BCUT2D eigenvalue weighted by Gasteiger charge is 2.26. The number of para-hydroxylation sites is 1. The number of aromatic nitrogens is 1. The number of fused-ring (bicyclic) bond motifs is 4. The first-order chi connectivity index (χ1) is 12.3. The van der Waals surface area contributed by atoms with Crippen molar-refractivity contribution in [1.82, 2.24) is 10.3 Å². The van der Waals surface area contributed by atoms with Crippen molar-refractivity contribution in [1.29, 1.82) is 0 Å². The molecular weight excluding hydrogens is 316 g/mol. The molecule has 1 aliphatic heterocycles. The van der Waals surface area contributed by atoms with E-state index in [1.165, 1.54) is 10.9 Å². The average Bonchev–Trinajstić information content (AvgIpc) is 3.26. The van der Waals surface area contributed by atoms with E-state index in [1.807, 2.05) is 6.07 Å². The van der Waals surface area contributed by atoms with Crippen LogP contribution in [0.2, 0.25) is 0 Å². The molecule has 0 bridgehead atoms. The van der Waals surface area contributed by atoms with Crippen LogP contribution in [-0.2, 0) is 6.42 Å². The van der Waals surface area contributed by atoms with Gasteiger partial charge in [0.2, 0.25) is 6.79 Å². The van der Waals surface area contributed by atoms with E-state index in [4.69, 9.17) is 9.47 Å². The number of carbonyl (C=O) groups excluding carboxylic acids is 1. The lowest BCUT2D eigenvalue weighted by Gasteiger charge is -2.24. The van der Waals surface area contributed by atoms with Gasteiger partial charge in [-0.2, -0.15) is 0 Å². The maximum atomic E-state index is 12.7. The molecule has 5 heteroatoms. The van der Waals surface area contributed by atoms with E-state index in [2.05, 4.69) is 28.5 Å². The highest BCUT2D eigenvalue weighted by Crippen LogP contribution is 2.36. The summed E-state index contributed by atoms with van der Waals surface area (Å²) in [7, 11) is 0. The fourth-order valence-corrected chi connectivity index (χ4v) is 3.84. The van der Waals surface area contributed by atoms with E-state index in [9.17, 15) is 4.79 Å². The Balaban J connectivity index is 1.44. The van der Waals surface area contributed by atoms with Crippen molar-refractivity contribution in [3.8, 4) is 11.5 Å². The first-order valence-corrected chi connectivity index (χ1v) is 8.59. The van der Waals surface area contributed by atoms with Gasteiger partial charge in [0.25, 0.3) is 5.91 Å². The summed E-state index contributed by atoms with van der Waals surface area (Å²) in [6.45, 7) is 0.210. The first-order valence-electron chi connectivity index (χ1n) is 8.59. The second kappa shape index (κ2) is 5.55. The molecule has 0 radical (unpaired) electrons. The molecule has 5 nitrogen and oxygen atoms in total. The molecule has 0 saturated carbocycles. The number of nitrogens with one attached hydrogen (secondary N) is 2. The lowest BCUT2D eigenvalue weighted by atomic mass is 9.91. The summed E-state index contributed by atoms with van der Waals surface area (Å²) in [5.74, 6) is 1.23. The number of hydrogen-bond acceptors (Lipinski definition) is 3. The predicted octanol–water partition coefficient (Wildman–Crippen LogP) is 3.70. The number of amides is 1. The topological polar surface area (TPSA) is 63.4 Å². The van der Waals surface area contributed by atoms with Crippen LogP contribution in [-0.4, -0.2) is 17.7 Å². The molecule has 1 amide bonds. The van der Waals surface area contributed by atoms with E-state index in [0.29, 0.717) is 17.1 Å². The normalized spacial score (nSPS) is 18.2. The minimum atomic E-state index is -0.0881. The summed E-state index contributed by atoms with van der Waals surface area (Å²) in [5.41, 5.74) is 4.20. The van der Waals surface area contributed by atoms with Gasteiger partial charge in [-0.15, -0.1) is 0 Å². The summed E-state index contributed by atoms with van der Waals surface area (Å²) < 4.78 is 10.7. The van der Waals surface area contributed by atoms with Crippen molar-refractivity contribution in [2.75, 3.05) is 6.79 Å². The second-order valence-corrected chi connectivity index (χ2v) is 6.55. The average molecular weight is 334 g/mol. The largest absolute Gasteiger partial charge is 0.454 e. The molecule has 2 aliphatic rings. The van der Waals surface area contributed by atoms with Crippen LogP contribution in [0.15, 0.2) is 42.5 Å². The molecule has 1 aromatic heterocycles. The molecule has 25 heavy (non-hydrogen) atoms. The van der Waals surface area contributed by atoms with Gasteiger partial charge in [-0.3, -0.25) is 4.79 Å². The van der Waals surface area contributed by atoms with Crippen LogP contribution in [0.5, 0.6) is 11.5 Å². The van der Waals surface area contributed by atoms with Crippen molar-refractivity contribution in [2.24, 2.45) is 0 Å². The van der Waals surface area contributed by atoms with Crippen LogP contribution >= 0.6 is 0 Å². The van der Waals surface area contributed by atoms with Crippen LogP contribution in [0.1, 0.15) is 40.5 Å². The molecule has 0 spiro atoms. The van der Waals surface area contributed by atoms with Gasteiger partial charge in [0.1, 0.15) is 0 Å². The smallest absolute Gasteiger partial charge is 0.251 e. The standard InChI is InChI=1S/C20H18N2O3/c23-20(12-8-9-17-18(10-12)25-11-24-17)22-16-7-3-5-14-13-4-1-2-6-15(13)21-19(14)16/h1-2,4,6,8-10,16,21H,3,5,7,11H2,(H,22,23)/t16-/m0/s1. The Morgan fingerprint density at radius 1 is 1.12 bits per heavy atom. The molecule has 5 rings (SSSR count). The number of hydrogen-bond donors (Lipinski definition) is 2. The maximum Gasteiger partial charge on any atom is 0.251 e. The molecule has 1 aliphatic carbocycles. The van der Waals surface area contributed by atoms with Gasteiger partial charge in [-0.1, -0.05) is 18.2 Å². The first kappa shape index (κ1) is 14.4. The highest BCUT2D eigenvalue weighted by atomic mass is 16.7. The molecule has 0 fully saturated rings. The quantitative estimate of drug-likeness (QED) is 0.751. The minimum absolute atomic E-state index is 0.00840. The lowest BCUT2D eigenvalue weighted by molar-refractivity contribution is 0.0931. The Labute approximate surface area is 144 Å². The number of rotatable bonds is 2. The molecule has 3 aromatic rings. The predicted molar refractivity (Wildman–Crippen MR) is 94.0 cm³/mol. The van der Waals surface area contributed by atoms with Crippen LogP contribution in [0.4, 0.5) is 0 Å². The number of aromatic amines is 1. The number of H-pyrrole nitrogens is 1. The zero-order valence-electron chi connectivity index (χ0n) is 13.7. The summed E-state index contributed by atoms with van der Waals surface area (Å²) >= 11 is 0. The summed E-state index contributed by atoms with van der Waals surface area (Å²) in [4.78, 5) is 16.2. The molecule has 0 unspecified atom stereocenters. The molecule has 1 atom stereocenters. The van der Waals surface area contributed by atoms with E-state index >= 15 is 0 Å². The molecule has 2 N–H and O–H groups in total. The Bertz CT molecular complexity index is 976. The van der Waals surface area contributed by atoms with Crippen LogP contribution in [0.3, 0.4) is 0 Å². The van der Waals surface area contributed by atoms with Gasteiger partial charge >= 0.3 is 0 Å². The van der Waals surface area contributed by atoms with E-state index in [-0.39, 0.29) is 18.7 Å². The third-order valence-electron chi connectivity index (χ3n) is 5.05. The Kier molecular flexibility index (Phi) is 3.20. The van der Waals surface area contributed by atoms with Crippen LogP contribution < -0.4 is 14.8 Å². The van der Waals surface area contributed by atoms with Crippen molar-refractivity contribution >= 4 is 16.8 Å². The number of benzene rings is 2. The highest BCUT2D eigenvalue weighted by molar-refractivity contribution is 5.95. The van der Waals surface area contributed by atoms with Gasteiger partial charge in [0, 0.05) is 22.2 Å². The number of carbonyl (C=O) groups is 1. The molecule has 126 valence electrons. The van der Waals surface area contributed by atoms with Gasteiger partial charge in [0.05, 0.1) is 6.04 Å². The summed E-state index contributed by atoms with van der Waals surface area (Å²) in [5, 5.41) is 4.44. The Morgan fingerprint density at radius 3 is 2.96 bits per heavy atom. The zero-order valence-corrected chi connectivity index (χ0v) is 13.7. The van der Waals surface area contributed by atoms with Crippen molar-refractivity contribution in [3.05, 3.63) is 59.3 Å². The van der Waals surface area contributed by atoms with Crippen LogP contribution in [0, 0.1) is 0 Å². The van der Waals surface area contributed by atoms with Gasteiger partial charge in [0.15, 0.2) is 11.5 Å². The third-order valence-corrected chi connectivity index (χ3v) is 5.05. The van der Waals surface area contributed by atoms with E-state index < -0.39 is 0 Å². The Hall–Kier alpha value is -2.95. The van der Waals surface area contributed by atoms with Crippen molar-refractivity contribution in [3.63, 3.8) is 0 Å². The fourth-order valence-electron chi connectivity index (χ4n) is 3.84. The number of ether oxygens (including phenoxy) is 2. The van der Waals surface area contributed by atoms with E-state index in [1.54, 1.807) is 18.2 Å². The fraction of sp³-hybridized carbons (Fsp3) is 0.250. The molecule has 2 heterocycles. The minimum Gasteiger partial charge on any atom is -0.454 e. The Morgan fingerprint density at radius 2 is 2.00 bits per heavy atom. The van der Waals surface area contributed by atoms with Gasteiger partial charge in [-0.05, 0) is 49.1 Å². The molecule has 0 saturated heterocycles. The van der Waals surface area contributed by atoms with Crippen LogP contribution in [0.25, 0.3) is 10.9 Å². The summed E-state index contributed by atoms with van der Waals surface area (Å²) in [6.07, 6.45) is 3.06. The maximum absolute atomic E-state index is 12.7. The van der Waals surface area contributed by atoms with Crippen molar-refractivity contribution in [2.45, 2.75) is 25.3 Å². The van der Waals surface area contributed by atoms with Gasteiger partial charge in [-0.25, -0.2) is 0 Å². The molecule has 2 aromatic carbocycles. The monoisotopic (exact) mass is 334 g/mol. The zero-order chi connectivity index (χ0) is 16.8. The van der Waals surface area contributed by atoms with E-state index in [0.717, 1.165) is 30.5 Å². The number of aryl methyl sites for hydroxylation is 1. The third kappa shape index (κ3) is 2.35. The van der Waals surface area contributed by atoms with Gasteiger partial charge < -0.3 is 19.8 Å². The summed E-state index contributed by atoms with van der Waals surface area (Å²) in [6, 6.07) is 13.6. The van der Waals surface area contributed by atoms with Crippen molar-refractivity contribution < 1.29 is 14.3 Å². The second-order valence-electron chi connectivity index (χ2n) is 6.55. The lowest BCUT2D eigenvalue weighted by Crippen LogP contribution is -2.31. The SMILES string of the molecule is O=C(N[C@H]1CCCc2c1[nH]c1ccccc21)c1ccc2c(c1)OCO2. The molecular formula is C20H18N2O3.